The van der Waals surface area contributed by atoms with Crippen molar-refractivity contribution in [1.29, 1.82) is 0 Å². The molecule has 0 N–H and O–H groups in total. The van der Waals surface area contributed by atoms with Crippen molar-refractivity contribution >= 4 is 0 Å². The molecule has 1 heterocycles. The molecule has 0 bridgehead atoms. The second-order valence-corrected chi connectivity index (χ2v) is 3.63. The number of hydrogen-bond donors (Lipinski definition) is 0. The predicted octanol–water partition coefficient (Wildman–Crippen LogP) is 3.16. The lowest BCUT2D eigenvalue weighted by molar-refractivity contribution is 0.0321. The Morgan fingerprint density at radius 1 is 1.50 bits per heavy atom. The molecule has 0 radical (unpaired) electrons. The van der Waals surface area contributed by atoms with Gasteiger partial charge >= 0.3 is 0 Å². The lowest BCUT2D eigenvalue weighted by Gasteiger charge is -2.13. The molecule has 0 amide bonds. The summed E-state index contributed by atoms with van der Waals surface area (Å²) in [5.74, 6) is 0.606. The minimum atomic E-state index is 0.456. The zero-order valence-electron chi connectivity index (χ0n) is 8.25. The standard InChI is InChI=1S/C11H20O/c1-4-7-11-9(5-2)8-10(6-3)12-11/h5,9-11H,2,4,6-8H2,1,3H3. The molecule has 0 spiro atoms. The first kappa shape index (κ1) is 9.79. The Kier molecular flexibility index (Phi) is 3.80. The van der Waals surface area contributed by atoms with E-state index in [2.05, 4.69) is 26.5 Å². The van der Waals surface area contributed by atoms with Crippen molar-refractivity contribution in [3.63, 3.8) is 0 Å². The van der Waals surface area contributed by atoms with Crippen LogP contribution < -0.4 is 0 Å². The van der Waals surface area contributed by atoms with Gasteiger partial charge in [0.05, 0.1) is 12.2 Å². The van der Waals surface area contributed by atoms with Crippen LogP contribution in [0.2, 0.25) is 0 Å². The Hall–Kier alpha value is -0.300. The lowest BCUT2D eigenvalue weighted by atomic mass is 9.96. The van der Waals surface area contributed by atoms with Gasteiger partial charge in [0.1, 0.15) is 0 Å². The van der Waals surface area contributed by atoms with E-state index < -0.39 is 0 Å². The summed E-state index contributed by atoms with van der Waals surface area (Å²) in [7, 11) is 0. The molecule has 1 heteroatoms. The highest BCUT2D eigenvalue weighted by molar-refractivity contribution is 4.92. The van der Waals surface area contributed by atoms with Crippen molar-refractivity contribution in [2.75, 3.05) is 0 Å². The minimum absolute atomic E-state index is 0.456. The van der Waals surface area contributed by atoms with Crippen LogP contribution in [0.25, 0.3) is 0 Å². The van der Waals surface area contributed by atoms with Gasteiger partial charge in [0, 0.05) is 5.92 Å². The van der Waals surface area contributed by atoms with Crippen LogP contribution >= 0.6 is 0 Å². The SMILES string of the molecule is C=CC1CC(CC)OC1CCC. The quantitative estimate of drug-likeness (QED) is 0.586. The van der Waals surface area contributed by atoms with Crippen molar-refractivity contribution in [3.8, 4) is 0 Å². The molecule has 1 nitrogen and oxygen atoms in total. The van der Waals surface area contributed by atoms with Gasteiger partial charge in [-0.1, -0.05) is 26.3 Å². The molecule has 1 aliphatic heterocycles. The first-order valence-electron chi connectivity index (χ1n) is 5.09. The second kappa shape index (κ2) is 4.66. The van der Waals surface area contributed by atoms with Gasteiger partial charge in [0.2, 0.25) is 0 Å². The third kappa shape index (κ3) is 2.10. The monoisotopic (exact) mass is 168 g/mol. The summed E-state index contributed by atoms with van der Waals surface area (Å²) in [6.07, 6.45) is 7.74. The molecule has 1 saturated heterocycles. The Labute approximate surface area is 75.8 Å². The van der Waals surface area contributed by atoms with E-state index in [1.807, 2.05) is 0 Å². The van der Waals surface area contributed by atoms with Crippen molar-refractivity contribution in [2.45, 2.75) is 51.7 Å². The topological polar surface area (TPSA) is 9.23 Å². The maximum Gasteiger partial charge on any atom is 0.0642 e. The molecule has 0 aromatic rings. The van der Waals surface area contributed by atoms with Gasteiger partial charge in [0.25, 0.3) is 0 Å². The zero-order chi connectivity index (χ0) is 8.97. The minimum Gasteiger partial charge on any atom is -0.374 e. The molecule has 12 heavy (non-hydrogen) atoms. The first-order chi connectivity index (χ1) is 5.81. The predicted molar refractivity (Wildman–Crippen MR) is 52.2 cm³/mol. The van der Waals surface area contributed by atoms with Crippen LogP contribution in [0, 0.1) is 5.92 Å². The molecular formula is C11H20O. The fourth-order valence-corrected chi connectivity index (χ4v) is 1.94. The number of rotatable bonds is 4. The van der Waals surface area contributed by atoms with E-state index in [1.54, 1.807) is 0 Å². The Bertz CT molecular complexity index is 142. The Morgan fingerprint density at radius 2 is 2.25 bits per heavy atom. The van der Waals surface area contributed by atoms with Crippen LogP contribution in [0.15, 0.2) is 12.7 Å². The highest BCUT2D eigenvalue weighted by atomic mass is 16.5. The smallest absolute Gasteiger partial charge is 0.0642 e. The van der Waals surface area contributed by atoms with Gasteiger partial charge in [-0.15, -0.1) is 6.58 Å². The van der Waals surface area contributed by atoms with E-state index in [1.165, 1.54) is 19.3 Å². The van der Waals surface area contributed by atoms with E-state index in [4.69, 9.17) is 4.74 Å². The molecule has 3 unspecified atom stereocenters. The van der Waals surface area contributed by atoms with Crippen molar-refractivity contribution in [1.82, 2.24) is 0 Å². The molecule has 0 saturated carbocycles. The van der Waals surface area contributed by atoms with Gasteiger partial charge in [-0.05, 0) is 19.3 Å². The normalized spacial score (nSPS) is 35.3. The molecule has 1 aliphatic rings. The summed E-state index contributed by atoms with van der Waals surface area (Å²) in [5, 5.41) is 0. The third-order valence-corrected chi connectivity index (χ3v) is 2.71. The van der Waals surface area contributed by atoms with Crippen molar-refractivity contribution < 1.29 is 4.74 Å². The summed E-state index contributed by atoms with van der Waals surface area (Å²) >= 11 is 0. The van der Waals surface area contributed by atoms with Crippen molar-refractivity contribution in [2.24, 2.45) is 5.92 Å². The van der Waals surface area contributed by atoms with Crippen LogP contribution in [-0.2, 0) is 4.74 Å². The van der Waals surface area contributed by atoms with Gasteiger partial charge in [-0.2, -0.15) is 0 Å². The number of hydrogen-bond acceptors (Lipinski definition) is 1. The molecule has 0 aromatic heterocycles. The van der Waals surface area contributed by atoms with E-state index >= 15 is 0 Å². The first-order valence-corrected chi connectivity index (χ1v) is 5.09. The molecule has 0 aromatic carbocycles. The van der Waals surface area contributed by atoms with Gasteiger partial charge in [-0.3, -0.25) is 0 Å². The van der Waals surface area contributed by atoms with Gasteiger partial charge < -0.3 is 4.74 Å². The summed E-state index contributed by atoms with van der Waals surface area (Å²) < 4.78 is 5.88. The van der Waals surface area contributed by atoms with Crippen LogP contribution in [0.4, 0.5) is 0 Å². The lowest BCUT2D eigenvalue weighted by Crippen LogP contribution is -2.14. The van der Waals surface area contributed by atoms with E-state index in [0.717, 1.165) is 6.42 Å². The van der Waals surface area contributed by atoms with Crippen molar-refractivity contribution in [3.05, 3.63) is 12.7 Å². The molecule has 0 aliphatic carbocycles. The summed E-state index contributed by atoms with van der Waals surface area (Å²) in [5.41, 5.74) is 0. The van der Waals surface area contributed by atoms with E-state index in [9.17, 15) is 0 Å². The highest BCUT2D eigenvalue weighted by Crippen LogP contribution is 2.31. The maximum atomic E-state index is 5.88. The third-order valence-electron chi connectivity index (χ3n) is 2.71. The largest absolute Gasteiger partial charge is 0.374 e. The molecule has 1 rings (SSSR count). The molecule has 1 fully saturated rings. The van der Waals surface area contributed by atoms with Gasteiger partial charge in [-0.25, -0.2) is 0 Å². The van der Waals surface area contributed by atoms with E-state index in [0.29, 0.717) is 18.1 Å². The Morgan fingerprint density at radius 3 is 2.75 bits per heavy atom. The average molecular weight is 168 g/mol. The summed E-state index contributed by atoms with van der Waals surface area (Å²) in [6, 6.07) is 0. The molecule has 3 atom stereocenters. The van der Waals surface area contributed by atoms with Crippen LogP contribution in [0.5, 0.6) is 0 Å². The van der Waals surface area contributed by atoms with E-state index in [-0.39, 0.29) is 0 Å². The number of ether oxygens (including phenoxy) is 1. The van der Waals surface area contributed by atoms with Gasteiger partial charge in [0.15, 0.2) is 0 Å². The van der Waals surface area contributed by atoms with Crippen LogP contribution in [0.3, 0.4) is 0 Å². The molecular weight excluding hydrogens is 148 g/mol. The summed E-state index contributed by atoms with van der Waals surface area (Å²) in [4.78, 5) is 0. The maximum absolute atomic E-state index is 5.88. The summed E-state index contributed by atoms with van der Waals surface area (Å²) in [6.45, 7) is 8.27. The second-order valence-electron chi connectivity index (χ2n) is 3.63. The fraction of sp³-hybridized carbons (Fsp3) is 0.818. The highest BCUT2D eigenvalue weighted by Gasteiger charge is 2.31. The van der Waals surface area contributed by atoms with Crippen LogP contribution in [0.1, 0.15) is 39.5 Å². The Balaban J connectivity index is 2.44. The fourth-order valence-electron chi connectivity index (χ4n) is 1.94. The average Bonchev–Trinajstić information content (AvgIpc) is 2.48. The zero-order valence-corrected chi connectivity index (χ0v) is 8.25. The van der Waals surface area contributed by atoms with Crippen LogP contribution in [-0.4, -0.2) is 12.2 Å². The molecule has 70 valence electrons.